The molecule has 0 amide bonds. The van der Waals surface area contributed by atoms with Gasteiger partial charge in [-0.3, -0.25) is 4.89 Å². The molecule has 0 aliphatic rings. The maximum absolute atomic E-state index is 11.3. The zero-order chi connectivity index (χ0) is 10.7. The van der Waals surface area contributed by atoms with E-state index < -0.39 is 7.82 Å². The molecule has 0 unspecified atom stereocenters. The van der Waals surface area contributed by atoms with Crippen molar-refractivity contribution in [1.29, 1.82) is 0 Å². The SMILES string of the molecule is O=P(O)(Oc1ccco1)Oc1ccco1. The van der Waals surface area contributed by atoms with Gasteiger partial charge in [0.1, 0.15) is 0 Å². The van der Waals surface area contributed by atoms with Gasteiger partial charge in [0.25, 0.3) is 11.9 Å². The Bertz CT molecular complexity index is 405. The first-order chi connectivity index (χ1) is 7.16. The highest BCUT2D eigenvalue weighted by Crippen LogP contribution is 2.44. The Morgan fingerprint density at radius 2 is 1.53 bits per heavy atom. The molecule has 0 atom stereocenters. The molecule has 0 saturated carbocycles. The molecule has 80 valence electrons. The lowest BCUT2D eigenvalue weighted by molar-refractivity contribution is 0.240. The smallest absolute Gasteiger partial charge is 0.434 e. The highest BCUT2D eigenvalue weighted by Gasteiger charge is 2.27. The monoisotopic (exact) mass is 230 g/mol. The standard InChI is InChI=1S/C8H7O6P/c9-15(10,13-7-3-1-5-11-7)14-8-4-2-6-12-8/h1-6H,(H,9,10). The summed E-state index contributed by atoms with van der Waals surface area (Å²) in [7, 11) is -4.26. The van der Waals surface area contributed by atoms with Crippen LogP contribution in [0.15, 0.2) is 45.6 Å². The summed E-state index contributed by atoms with van der Waals surface area (Å²) in [5.41, 5.74) is 0. The molecule has 7 heteroatoms. The highest BCUT2D eigenvalue weighted by molar-refractivity contribution is 7.48. The Morgan fingerprint density at radius 3 is 1.87 bits per heavy atom. The van der Waals surface area contributed by atoms with Crippen molar-refractivity contribution in [3.63, 3.8) is 0 Å². The van der Waals surface area contributed by atoms with Crippen LogP contribution >= 0.6 is 7.82 Å². The number of phosphoric ester groups is 1. The van der Waals surface area contributed by atoms with Gasteiger partial charge >= 0.3 is 7.82 Å². The number of hydrogen-bond donors (Lipinski definition) is 1. The minimum absolute atomic E-state index is 0.104. The molecule has 1 N–H and O–H groups in total. The Balaban J connectivity index is 2.04. The molecule has 0 fully saturated rings. The molecule has 0 aromatic carbocycles. The molecule has 2 rings (SSSR count). The van der Waals surface area contributed by atoms with E-state index in [1.807, 2.05) is 0 Å². The van der Waals surface area contributed by atoms with Crippen molar-refractivity contribution < 1.29 is 27.3 Å². The molecule has 0 aliphatic carbocycles. The van der Waals surface area contributed by atoms with Gasteiger partial charge in [0.15, 0.2) is 0 Å². The first-order valence-electron chi connectivity index (χ1n) is 3.95. The Hall–Kier alpha value is -1.65. The molecule has 2 aromatic heterocycles. The van der Waals surface area contributed by atoms with E-state index in [9.17, 15) is 9.46 Å². The summed E-state index contributed by atoms with van der Waals surface area (Å²) in [5, 5.41) is 0. The lowest BCUT2D eigenvalue weighted by Crippen LogP contribution is -1.98. The van der Waals surface area contributed by atoms with Gasteiger partial charge in [-0.2, -0.15) is 0 Å². The van der Waals surface area contributed by atoms with E-state index >= 15 is 0 Å². The van der Waals surface area contributed by atoms with Crippen LogP contribution in [0.3, 0.4) is 0 Å². The predicted molar refractivity (Wildman–Crippen MR) is 48.5 cm³/mol. The van der Waals surface area contributed by atoms with Crippen molar-refractivity contribution in [3.8, 4) is 11.9 Å². The Morgan fingerprint density at radius 1 is 1.07 bits per heavy atom. The molecule has 0 spiro atoms. The third kappa shape index (κ3) is 2.65. The fraction of sp³-hybridized carbons (Fsp3) is 0. The Kier molecular flexibility index (Phi) is 2.53. The van der Waals surface area contributed by atoms with Crippen LogP contribution in [-0.4, -0.2) is 4.89 Å². The highest BCUT2D eigenvalue weighted by atomic mass is 31.2. The predicted octanol–water partition coefficient (Wildman–Crippen LogP) is 2.43. The fourth-order valence-corrected chi connectivity index (χ4v) is 1.58. The van der Waals surface area contributed by atoms with Crippen molar-refractivity contribution in [2.24, 2.45) is 0 Å². The summed E-state index contributed by atoms with van der Waals surface area (Å²) >= 11 is 0. The van der Waals surface area contributed by atoms with Gasteiger partial charge in [-0.05, 0) is 12.1 Å². The molecule has 6 nitrogen and oxygen atoms in total. The maximum atomic E-state index is 11.3. The molecule has 0 bridgehead atoms. The van der Waals surface area contributed by atoms with Crippen LogP contribution in [0.2, 0.25) is 0 Å². The van der Waals surface area contributed by atoms with E-state index in [0.717, 1.165) is 0 Å². The van der Waals surface area contributed by atoms with E-state index in [1.165, 1.54) is 36.8 Å². The van der Waals surface area contributed by atoms with Crippen LogP contribution in [0.4, 0.5) is 0 Å². The van der Waals surface area contributed by atoms with Crippen molar-refractivity contribution in [3.05, 3.63) is 36.8 Å². The van der Waals surface area contributed by atoms with Crippen LogP contribution in [0.25, 0.3) is 0 Å². The summed E-state index contributed by atoms with van der Waals surface area (Å²) in [4.78, 5) is 9.25. The van der Waals surface area contributed by atoms with Gasteiger partial charge in [-0.1, -0.05) is 0 Å². The molecule has 2 aromatic rings. The van der Waals surface area contributed by atoms with Gasteiger partial charge in [-0.15, -0.1) is 0 Å². The summed E-state index contributed by atoms with van der Waals surface area (Å²) in [6.07, 6.45) is 2.62. The first kappa shape index (κ1) is 9.89. The van der Waals surface area contributed by atoms with Gasteiger partial charge in [0, 0.05) is 12.1 Å². The average Bonchev–Trinajstić information content (AvgIpc) is 2.75. The van der Waals surface area contributed by atoms with Crippen LogP contribution in [-0.2, 0) is 4.57 Å². The zero-order valence-electron chi connectivity index (χ0n) is 7.40. The topological polar surface area (TPSA) is 82.0 Å². The summed E-state index contributed by atoms with van der Waals surface area (Å²) in [6, 6.07) is 5.80. The second-order valence-electron chi connectivity index (χ2n) is 2.52. The van der Waals surface area contributed by atoms with E-state index in [1.54, 1.807) is 0 Å². The van der Waals surface area contributed by atoms with Crippen LogP contribution in [0.5, 0.6) is 11.9 Å². The van der Waals surface area contributed by atoms with Gasteiger partial charge in [0.05, 0.1) is 12.5 Å². The van der Waals surface area contributed by atoms with Gasteiger partial charge in [-0.25, -0.2) is 4.57 Å². The van der Waals surface area contributed by atoms with E-state index in [4.69, 9.17) is 8.83 Å². The minimum Gasteiger partial charge on any atom is -0.434 e. The second-order valence-corrected chi connectivity index (χ2v) is 3.82. The van der Waals surface area contributed by atoms with Crippen molar-refractivity contribution in [2.45, 2.75) is 0 Å². The summed E-state index contributed by atoms with van der Waals surface area (Å²) in [6.45, 7) is 0. The van der Waals surface area contributed by atoms with Gasteiger partial charge < -0.3 is 17.9 Å². The van der Waals surface area contributed by atoms with E-state index in [-0.39, 0.29) is 11.9 Å². The summed E-state index contributed by atoms with van der Waals surface area (Å²) < 4.78 is 29.9. The molecular formula is C8H7O6P. The lowest BCUT2D eigenvalue weighted by Gasteiger charge is -2.08. The molecule has 0 aliphatic heterocycles. The molecule has 15 heavy (non-hydrogen) atoms. The minimum atomic E-state index is -4.26. The van der Waals surface area contributed by atoms with Crippen LogP contribution in [0, 0.1) is 0 Å². The van der Waals surface area contributed by atoms with Crippen LogP contribution < -0.4 is 9.05 Å². The normalized spacial score (nSPS) is 11.3. The lowest BCUT2D eigenvalue weighted by atomic mass is 10.7. The van der Waals surface area contributed by atoms with E-state index in [0.29, 0.717) is 0 Å². The Labute approximate surface area is 84.6 Å². The van der Waals surface area contributed by atoms with E-state index in [2.05, 4.69) is 9.05 Å². The van der Waals surface area contributed by atoms with Crippen molar-refractivity contribution in [2.75, 3.05) is 0 Å². The second kappa shape index (κ2) is 3.84. The zero-order valence-corrected chi connectivity index (χ0v) is 8.29. The average molecular weight is 230 g/mol. The summed E-state index contributed by atoms with van der Waals surface area (Å²) in [5.74, 6) is -0.209. The number of rotatable bonds is 4. The molecule has 0 radical (unpaired) electrons. The third-order valence-corrected chi connectivity index (χ3v) is 2.22. The number of hydrogen-bond acceptors (Lipinski definition) is 5. The first-order valence-corrected chi connectivity index (χ1v) is 5.44. The van der Waals surface area contributed by atoms with Crippen LogP contribution in [0.1, 0.15) is 0 Å². The molecule has 0 saturated heterocycles. The largest absolute Gasteiger partial charge is 0.589 e. The van der Waals surface area contributed by atoms with Gasteiger partial charge in [0.2, 0.25) is 0 Å². The third-order valence-electron chi connectivity index (χ3n) is 1.40. The molecular weight excluding hydrogens is 223 g/mol. The van der Waals surface area contributed by atoms with Crippen molar-refractivity contribution in [1.82, 2.24) is 0 Å². The van der Waals surface area contributed by atoms with Crippen molar-refractivity contribution >= 4 is 7.82 Å². The molecule has 2 heterocycles. The fourth-order valence-electron chi connectivity index (χ4n) is 0.877. The number of phosphoric acid groups is 1. The quantitative estimate of drug-likeness (QED) is 0.812. The maximum Gasteiger partial charge on any atom is 0.589 e. The number of furan rings is 2.